The van der Waals surface area contributed by atoms with Crippen LogP contribution in [0.25, 0.3) is 0 Å². The van der Waals surface area contributed by atoms with E-state index in [1.807, 2.05) is 58.8 Å². The standard InChI is InChI=1S/C83H128N2O32/c1-64-51-65(2)54-69(53-64)80(88)115-61-83(62-116-81(89)70-55-66(3)52-67(4)56-70,84-79(87)68-57-72(108-44-37-101-30-25-96-20-15-91-7)77(113-49-42-106-33-28-99-23-18-94-10)73(58-68)109-45-38-102-31-26-97-21-16-92-8)63-117-82(90)71-59-74(110-46-39-103-32-27-98-22-17-93-9)78(114-50-43-107-34-29-100-24-19-95-11)75(60-71)111-47-40-104-35-36-105-41-48-112-76(86)13-12-14-85(5)6/h51-60H,12-50,61-63H2,1-11H3,(H,84,87). The molecule has 117 heavy (non-hydrogen) atoms. The van der Waals surface area contributed by atoms with Crippen molar-refractivity contribution >= 4 is 29.8 Å². The van der Waals surface area contributed by atoms with Gasteiger partial charge in [0, 0.05) is 47.5 Å². The van der Waals surface area contributed by atoms with E-state index in [0.717, 1.165) is 28.8 Å². The van der Waals surface area contributed by atoms with Crippen molar-refractivity contribution in [2.75, 3.05) is 314 Å². The summed E-state index contributed by atoms with van der Waals surface area (Å²) < 4.78 is 156. The lowest BCUT2D eigenvalue weighted by Crippen LogP contribution is -2.59. The fraction of sp³-hybridized carbons (Fsp3) is 0.651. The molecule has 0 radical (unpaired) electrons. The Hall–Kier alpha value is -7.69. The molecule has 4 aromatic carbocycles. The maximum absolute atomic E-state index is 15.8. The molecular weight excluding hydrogens is 1540 g/mol. The van der Waals surface area contributed by atoms with Crippen LogP contribution in [-0.4, -0.2) is 354 Å². The normalized spacial score (nSPS) is 11.4. The summed E-state index contributed by atoms with van der Waals surface area (Å²) in [5.74, 6) is -3.72. The summed E-state index contributed by atoms with van der Waals surface area (Å²) in [5, 5.41) is 2.97. The second kappa shape index (κ2) is 65.2. The van der Waals surface area contributed by atoms with Crippen LogP contribution < -0.4 is 33.7 Å². The zero-order chi connectivity index (χ0) is 84.6. The molecule has 34 heteroatoms. The minimum absolute atomic E-state index is 0.00255. The lowest BCUT2D eigenvalue weighted by molar-refractivity contribution is -0.145. The topological polar surface area (TPSA) is 350 Å². The highest BCUT2D eigenvalue weighted by Gasteiger charge is 2.40. The van der Waals surface area contributed by atoms with E-state index in [9.17, 15) is 14.4 Å². The minimum atomic E-state index is -2.16. The number of nitrogens with zero attached hydrogens (tertiary/aromatic N) is 1. The summed E-state index contributed by atoms with van der Waals surface area (Å²) in [4.78, 5) is 74.3. The number of aryl methyl sites for hydroxylation is 4. The van der Waals surface area contributed by atoms with Crippen molar-refractivity contribution < 1.29 is 152 Å². The first-order valence-electron chi connectivity index (χ1n) is 39.3. The first-order chi connectivity index (χ1) is 56.9. The molecule has 0 aromatic heterocycles. The maximum Gasteiger partial charge on any atom is 0.338 e. The van der Waals surface area contributed by atoms with E-state index >= 15 is 9.59 Å². The highest BCUT2D eigenvalue weighted by molar-refractivity contribution is 5.97. The van der Waals surface area contributed by atoms with E-state index in [0.29, 0.717) is 92.1 Å². The molecule has 34 nitrogen and oxygen atoms in total. The third kappa shape index (κ3) is 47.0. The van der Waals surface area contributed by atoms with Crippen molar-refractivity contribution in [2.24, 2.45) is 0 Å². The van der Waals surface area contributed by atoms with Crippen LogP contribution in [-0.2, 0) is 104 Å². The van der Waals surface area contributed by atoms with Crippen molar-refractivity contribution in [1.29, 1.82) is 0 Å². The monoisotopic (exact) mass is 1660 g/mol. The van der Waals surface area contributed by atoms with Gasteiger partial charge in [-0.2, -0.15) is 0 Å². The third-order valence-electron chi connectivity index (χ3n) is 16.0. The second-order valence-electron chi connectivity index (χ2n) is 26.3. The van der Waals surface area contributed by atoms with Gasteiger partial charge in [-0.15, -0.1) is 0 Å². The van der Waals surface area contributed by atoms with Crippen molar-refractivity contribution in [2.45, 2.75) is 46.1 Å². The predicted octanol–water partition coefficient (Wildman–Crippen LogP) is 6.55. The summed E-state index contributed by atoms with van der Waals surface area (Å²) in [5.41, 5.74) is 0.854. The Morgan fingerprint density at radius 1 is 0.291 bits per heavy atom. The van der Waals surface area contributed by atoms with Crippen molar-refractivity contribution in [1.82, 2.24) is 10.2 Å². The van der Waals surface area contributed by atoms with Gasteiger partial charge in [-0.05, 0) is 103 Å². The molecule has 4 aromatic rings. The molecule has 0 spiro atoms. The van der Waals surface area contributed by atoms with Gasteiger partial charge in [0.2, 0.25) is 11.5 Å². The molecule has 0 aliphatic rings. The van der Waals surface area contributed by atoms with Gasteiger partial charge in [-0.25, -0.2) is 14.4 Å². The Morgan fingerprint density at radius 3 is 0.803 bits per heavy atom. The molecule has 1 N–H and O–H groups in total. The molecule has 4 rings (SSSR count). The Balaban J connectivity index is 1.88. The van der Waals surface area contributed by atoms with Gasteiger partial charge in [0.05, 0.1) is 208 Å². The molecule has 1 amide bonds. The fourth-order valence-corrected chi connectivity index (χ4v) is 10.4. The van der Waals surface area contributed by atoms with Crippen LogP contribution in [0.4, 0.5) is 0 Å². The molecule has 0 fully saturated rings. The SMILES string of the molecule is COCCOCCOCCOc1cc(C(=O)NC(COC(=O)c2cc(C)cc(C)c2)(COC(=O)c2cc(C)cc(C)c2)COC(=O)c2cc(OCCOCCOCCOC)c(OCCOCCOCCOC)c(OCCOCCOCCOC(=O)CCCN(C)C)c2)cc(OCCOCCOCCOC)c1OCCOCCOCCOC. The van der Waals surface area contributed by atoms with Crippen molar-refractivity contribution in [3.05, 3.63) is 105 Å². The van der Waals surface area contributed by atoms with Crippen molar-refractivity contribution in [3.8, 4) is 34.5 Å². The van der Waals surface area contributed by atoms with Crippen LogP contribution in [0.1, 0.15) is 76.5 Å². The number of methoxy groups -OCH3 is 5. The number of hydrogen-bond donors (Lipinski definition) is 1. The summed E-state index contributed by atoms with van der Waals surface area (Å²) in [6, 6.07) is 15.8. The van der Waals surface area contributed by atoms with Gasteiger partial charge in [0.1, 0.15) is 71.6 Å². The second-order valence-corrected chi connectivity index (χ2v) is 26.3. The predicted molar refractivity (Wildman–Crippen MR) is 427 cm³/mol. The molecule has 0 bridgehead atoms. The first kappa shape index (κ1) is 102. The van der Waals surface area contributed by atoms with E-state index in [4.69, 9.17) is 128 Å². The maximum atomic E-state index is 15.8. The summed E-state index contributed by atoms with van der Waals surface area (Å²) >= 11 is 0. The van der Waals surface area contributed by atoms with Gasteiger partial charge in [-0.3, -0.25) is 9.59 Å². The van der Waals surface area contributed by atoms with Gasteiger partial charge < -0.3 is 138 Å². The number of rotatable bonds is 75. The Bertz CT molecular complexity index is 3180. The van der Waals surface area contributed by atoms with Crippen LogP contribution in [0.5, 0.6) is 34.5 Å². The molecule has 662 valence electrons. The quantitative estimate of drug-likeness (QED) is 0.0278. The first-order valence-corrected chi connectivity index (χ1v) is 39.3. The Labute approximate surface area is 688 Å². The lowest BCUT2D eigenvalue weighted by atomic mass is 10.0. The van der Waals surface area contributed by atoms with E-state index < -0.39 is 49.2 Å². The Morgan fingerprint density at radius 2 is 0.530 bits per heavy atom. The van der Waals surface area contributed by atoms with E-state index in [2.05, 4.69) is 5.32 Å². The molecular formula is C83H128N2O32. The number of ether oxygens (including phenoxy) is 27. The number of carbonyl (C=O) groups is 5. The molecule has 0 unspecified atom stereocenters. The number of carbonyl (C=O) groups excluding carboxylic acids is 5. The van der Waals surface area contributed by atoms with Crippen LogP contribution in [0, 0.1) is 27.7 Å². The highest BCUT2D eigenvalue weighted by Crippen LogP contribution is 2.41. The Kier molecular flexibility index (Phi) is 56.7. The van der Waals surface area contributed by atoms with Gasteiger partial charge in [0.25, 0.3) is 5.91 Å². The molecule has 0 aliphatic heterocycles. The largest absolute Gasteiger partial charge is 0.487 e. The average molecular weight is 1670 g/mol. The number of nitrogens with one attached hydrogen (secondary N) is 1. The van der Waals surface area contributed by atoms with E-state index in [-0.39, 0.29) is 221 Å². The summed E-state index contributed by atoms with van der Waals surface area (Å²) in [7, 11) is 11.8. The molecule has 0 saturated heterocycles. The number of hydrogen-bond acceptors (Lipinski definition) is 33. The van der Waals surface area contributed by atoms with Crippen LogP contribution in [0.2, 0.25) is 0 Å². The molecule has 0 saturated carbocycles. The fourth-order valence-electron chi connectivity index (χ4n) is 10.4. The molecule has 0 heterocycles. The third-order valence-corrected chi connectivity index (χ3v) is 16.0. The summed E-state index contributed by atoms with van der Waals surface area (Å²) in [6.07, 6.45) is 0.965. The lowest BCUT2D eigenvalue weighted by Gasteiger charge is -2.33. The number of benzene rings is 4. The van der Waals surface area contributed by atoms with Crippen LogP contribution in [0.15, 0.2) is 60.7 Å². The van der Waals surface area contributed by atoms with Crippen molar-refractivity contribution in [3.63, 3.8) is 0 Å². The average Bonchev–Trinajstić information content (AvgIpc) is 0.800. The van der Waals surface area contributed by atoms with E-state index in [1.54, 1.807) is 59.8 Å². The smallest absolute Gasteiger partial charge is 0.338 e. The van der Waals surface area contributed by atoms with E-state index in [1.165, 1.54) is 24.3 Å². The van der Waals surface area contributed by atoms with Gasteiger partial charge >= 0.3 is 23.9 Å². The summed E-state index contributed by atoms with van der Waals surface area (Å²) in [6.45, 7) is 12.6. The van der Waals surface area contributed by atoms with Crippen LogP contribution in [0.3, 0.4) is 0 Å². The zero-order valence-electron chi connectivity index (χ0n) is 70.5. The van der Waals surface area contributed by atoms with Gasteiger partial charge in [-0.1, -0.05) is 34.4 Å². The molecule has 0 atom stereocenters. The minimum Gasteiger partial charge on any atom is -0.487 e. The van der Waals surface area contributed by atoms with Gasteiger partial charge in [0.15, 0.2) is 23.0 Å². The highest BCUT2D eigenvalue weighted by atomic mass is 16.6. The number of amides is 1. The van der Waals surface area contributed by atoms with Crippen LogP contribution >= 0.6 is 0 Å². The molecule has 0 aliphatic carbocycles. The zero-order valence-corrected chi connectivity index (χ0v) is 70.5. The number of esters is 4.